The van der Waals surface area contributed by atoms with Crippen molar-refractivity contribution in [2.24, 2.45) is 0 Å². The van der Waals surface area contributed by atoms with Crippen LogP contribution in [0.1, 0.15) is 159 Å². The smallest absolute Gasteiger partial charge is 0.343 e. The van der Waals surface area contributed by atoms with Crippen LogP contribution in [0.3, 0.4) is 0 Å². The maximum absolute atomic E-state index is 13.5. The lowest BCUT2D eigenvalue weighted by atomic mass is 10.1. The Hall–Kier alpha value is -5.84. The predicted molar refractivity (Wildman–Crippen MR) is 239 cm³/mol. The first-order valence-corrected chi connectivity index (χ1v) is 22.4. The minimum absolute atomic E-state index is 0.0151. The zero-order valence-corrected chi connectivity index (χ0v) is 37.0. The average Bonchev–Trinajstić information content (AvgIpc) is 3.28. The van der Waals surface area contributed by atoms with Crippen molar-refractivity contribution in [2.75, 3.05) is 26.4 Å². The minimum Gasteiger partial charge on any atom is -0.494 e. The Bertz CT molecular complexity index is 1940. The molecule has 11 heteroatoms. The fourth-order valence-corrected chi connectivity index (χ4v) is 6.44. The second kappa shape index (κ2) is 27.9. The Morgan fingerprint density at radius 3 is 1.37 bits per heavy atom. The Morgan fingerprint density at radius 2 is 0.871 bits per heavy atom. The van der Waals surface area contributed by atoms with Crippen molar-refractivity contribution in [1.29, 1.82) is 0 Å². The van der Waals surface area contributed by atoms with Crippen LogP contribution < -0.4 is 23.7 Å². The summed E-state index contributed by atoms with van der Waals surface area (Å²) in [6.07, 6.45) is 15.4. The SMILES string of the molecule is CCCCCCCCOc1ccc(C(=O)Oc2ccc(OC(=O)c3ccc(OCCCCCCCC)cc3)c(C(=O)OCCOc3ccc(C(=O)OC(C)CCC)cc3)c2)cc1. The number of carbonyl (C=O) groups excluding carboxylic acids is 4. The molecule has 0 radical (unpaired) electrons. The van der Waals surface area contributed by atoms with Crippen LogP contribution in [0.2, 0.25) is 0 Å². The maximum Gasteiger partial charge on any atom is 0.343 e. The van der Waals surface area contributed by atoms with Crippen LogP contribution in [-0.4, -0.2) is 56.4 Å². The molecular formula is C51H64O11. The quantitative estimate of drug-likeness (QED) is 0.0294. The summed E-state index contributed by atoms with van der Waals surface area (Å²) < 4.78 is 39.7. The summed E-state index contributed by atoms with van der Waals surface area (Å²) in [5, 5.41) is 0. The first-order chi connectivity index (χ1) is 30.2. The highest BCUT2D eigenvalue weighted by atomic mass is 16.6. The van der Waals surface area contributed by atoms with E-state index in [2.05, 4.69) is 13.8 Å². The average molecular weight is 853 g/mol. The number of esters is 4. The maximum atomic E-state index is 13.5. The van der Waals surface area contributed by atoms with Crippen LogP contribution in [0.5, 0.6) is 28.7 Å². The molecule has 11 nitrogen and oxygen atoms in total. The number of hydrogen-bond donors (Lipinski definition) is 0. The van der Waals surface area contributed by atoms with Crippen molar-refractivity contribution in [3.63, 3.8) is 0 Å². The molecule has 0 spiro atoms. The summed E-state index contributed by atoms with van der Waals surface area (Å²) in [6, 6.07) is 23.8. The Balaban J connectivity index is 1.38. The van der Waals surface area contributed by atoms with E-state index >= 15 is 0 Å². The molecule has 0 fully saturated rings. The van der Waals surface area contributed by atoms with Gasteiger partial charge in [-0.15, -0.1) is 0 Å². The summed E-state index contributed by atoms with van der Waals surface area (Å²) in [4.78, 5) is 52.4. The Kier molecular flexibility index (Phi) is 22.0. The molecule has 4 aromatic carbocycles. The molecule has 4 aromatic rings. The van der Waals surface area contributed by atoms with E-state index in [0.29, 0.717) is 36.0 Å². The number of ether oxygens (including phenoxy) is 7. The van der Waals surface area contributed by atoms with Crippen LogP contribution in [0, 0.1) is 0 Å². The summed E-state index contributed by atoms with van der Waals surface area (Å²) in [7, 11) is 0. The summed E-state index contributed by atoms with van der Waals surface area (Å²) in [5.74, 6) is -0.916. The lowest BCUT2D eigenvalue weighted by Crippen LogP contribution is -2.16. The third-order valence-electron chi connectivity index (χ3n) is 9.98. The fourth-order valence-electron chi connectivity index (χ4n) is 6.44. The molecular weight excluding hydrogens is 789 g/mol. The first-order valence-electron chi connectivity index (χ1n) is 22.4. The summed E-state index contributed by atoms with van der Waals surface area (Å²) >= 11 is 0. The second-order valence-electron chi connectivity index (χ2n) is 15.2. The van der Waals surface area contributed by atoms with Crippen molar-refractivity contribution >= 4 is 23.9 Å². The van der Waals surface area contributed by atoms with E-state index < -0.39 is 23.9 Å². The summed E-state index contributed by atoms with van der Waals surface area (Å²) in [5.41, 5.74) is 0.784. The third-order valence-corrected chi connectivity index (χ3v) is 9.98. The van der Waals surface area contributed by atoms with Gasteiger partial charge < -0.3 is 33.2 Å². The highest BCUT2D eigenvalue weighted by molar-refractivity contribution is 5.97. The largest absolute Gasteiger partial charge is 0.494 e. The zero-order chi connectivity index (χ0) is 44.4. The van der Waals surface area contributed by atoms with Gasteiger partial charge in [0, 0.05) is 0 Å². The standard InChI is InChI=1S/C51H64O11/c1-5-8-10-12-14-16-33-56-42-25-21-40(22-26-42)49(53)61-45-31-32-47(62-50(54)41-23-27-43(28-24-41)57-34-17-15-13-11-9-6-2)46(37-45)51(55)59-36-35-58-44-29-19-39(20-30-44)48(52)60-38(4)18-7-3/h19-32,37-38H,5-18,33-36H2,1-4H3. The van der Waals surface area contributed by atoms with Gasteiger partial charge in [-0.2, -0.15) is 0 Å². The molecule has 0 heterocycles. The minimum atomic E-state index is -0.834. The second-order valence-corrected chi connectivity index (χ2v) is 15.2. The highest BCUT2D eigenvalue weighted by Crippen LogP contribution is 2.28. The van der Waals surface area contributed by atoms with E-state index in [1.54, 1.807) is 72.8 Å². The van der Waals surface area contributed by atoms with Crippen LogP contribution in [0.4, 0.5) is 0 Å². The van der Waals surface area contributed by atoms with Gasteiger partial charge in [-0.1, -0.05) is 91.4 Å². The van der Waals surface area contributed by atoms with Crippen molar-refractivity contribution in [3.05, 3.63) is 113 Å². The molecule has 0 aliphatic carbocycles. The van der Waals surface area contributed by atoms with Gasteiger partial charge in [0.2, 0.25) is 0 Å². The summed E-state index contributed by atoms with van der Waals surface area (Å²) in [6.45, 7) is 9.28. The molecule has 0 bridgehead atoms. The first kappa shape index (κ1) is 48.8. The van der Waals surface area contributed by atoms with E-state index in [9.17, 15) is 19.2 Å². The molecule has 0 N–H and O–H groups in total. The van der Waals surface area contributed by atoms with Gasteiger partial charge in [-0.3, -0.25) is 0 Å². The van der Waals surface area contributed by atoms with Gasteiger partial charge in [0.25, 0.3) is 0 Å². The Labute approximate surface area is 367 Å². The van der Waals surface area contributed by atoms with Crippen LogP contribution in [0.15, 0.2) is 91.0 Å². The number of hydrogen-bond acceptors (Lipinski definition) is 11. The molecule has 4 rings (SSSR count). The monoisotopic (exact) mass is 852 g/mol. The normalized spacial score (nSPS) is 11.3. The highest BCUT2D eigenvalue weighted by Gasteiger charge is 2.21. The fraction of sp³-hybridized carbons (Fsp3) is 0.451. The molecule has 62 heavy (non-hydrogen) atoms. The molecule has 1 unspecified atom stereocenters. The van der Waals surface area contributed by atoms with Gasteiger partial charge in [0.15, 0.2) is 0 Å². The van der Waals surface area contributed by atoms with E-state index in [1.165, 1.54) is 69.6 Å². The number of unbranched alkanes of at least 4 members (excludes halogenated alkanes) is 10. The molecule has 0 aliphatic rings. The van der Waals surface area contributed by atoms with Crippen molar-refractivity contribution in [3.8, 4) is 28.7 Å². The van der Waals surface area contributed by atoms with Crippen molar-refractivity contribution in [1.82, 2.24) is 0 Å². The predicted octanol–water partition coefficient (Wildman–Crippen LogP) is 12.2. The number of rotatable bonds is 29. The molecule has 0 amide bonds. The molecule has 334 valence electrons. The van der Waals surface area contributed by atoms with Crippen LogP contribution >= 0.6 is 0 Å². The lowest BCUT2D eigenvalue weighted by Gasteiger charge is -2.13. The molecule has 0 aromatic heterocycles. The van der Waals surface area contributed by atoms with E-state index in [0.717, 1.165) is 38.5 Å². The van der Waals surface area contributed by atoms with Gasteiger partial charge in [-0.25, -0.2) is 19.2 Å². The zero-order valence-electron chi connectivity index (χ0n) is 37.0. The van der Waals surface area contributed by atoms with Gasteiger partial charge >= 0.3 is 23.9 Å². The molecule has 0 saturated heterocycles. The van der Waals surface area contributed by atoms with E-state index in [-0.39, 0.29) is 47.5 Å². The van der Waals surface area contributed by atoms with E-state index in [1.807, 2.05) is 13.8 Å². The topological polar surface area (TPSA) is 133 Å². The van der Waals surface area contributed by atoms with Crippen molar-refractivity contribution < 1.29 is 52.3 Å². The van der Waals surface area contributed by atoms with Gasteiger partial charge in [-0.05, 0) is 117 Å². The van der Waals surface area contributed by atoms with Crippen LogP contribution in [0.25, 0.3) is 0 Å². The van der Waals surface area contributed by atoms with Crippen molar-refractivity contribution in [2.45, 2.75) is 124 Å². The van der Waals surface area contributed by atoms with E-state index in [4.69, 9.17) is 33.2 Å². The third kappa shape index (κ3) is 17.6. The number of benzene rings is 4. The lowest BCUT2D eigenvalue weighted by molar-refractivity contribution is 0.0321. The Morgan fingerprint density at radius 1 is 0.435 bits per heavy atom. The molecule has 1 atom stereocenters. The number of carbonyl (C=O) groups is 4. The van der Waals surface area contributed by atoms with Gasteiger partial charge in [0.05, 0.1) is 36.0 Å². The molecule has 0 saturated carbocycles. The van der Waals surface area contributed by atoms with Crippen LogP contribution in [-0.2, 0) is 9.47 Å². The van der Waals surface area contributed by atoms with Gasteiger partial charge in [0.1, 0.15) is 47.5 Å². The molecule has 0 aliphatic heterocycles.